The van der Waals surface area contributed by atoms with Crippen LogP contribution in [-0.4, -0.2) is 75.9 Å². The third-order valence-corrected chi connectivity index (χ3v) is 10.7. The van der Waals surface area contributed by atoms with Crippen LogP contribution in [0.15, 0.2) is 67.0 Å². The Kier molecular flexibility index (Phi) is 13.1. The molecule has 284 valence electrons. The third-order valence-electron chi connectivity index (χ3n) is 10.4. The van der Waals surface area contributed by atoms with Gasteiger partial charge in [0.25, 0.3) is 0 Å². The van der Waals surface area contributed by atoms with E-state index in [1.165, 1.54) is 25.5 Å². The fraction of sp³-hybridized carbons (Fsp3) is 0.419. The Bertz CT molecular complexity index is 1980. The monoisotopic (exact) mass is 752 g/mol. The first-order valence-electron chi connectivity index (χ1n) is 18.7. The van der Waals surface area contributed by atoms with E-state index < -0.39 is 11.6 Å². The maximum atomic E-state index is 11.1. The second kappa shape index (κ2) is 18.1. The van der Waals surface area contributed by atoms with Gasteiger partial charge in [-0.25, -0.2) is 0 Å². The molecule has 0 bridgehead atoms. The van der Waals surface area contributed by atoms with Crippen LogP contribution in [0.25, 0.3) is 11.1 Å². The van der Waals surface area contributed by atoms with Crippen molar-refractivity contribution in [3.8, 4) is 34.4 Å². The van der Waals surface area contributed by atoms with Gasteiger partial charge in [-0.05, 0) is 98.6 Å². The molecule has 0 saturated carbocycles. The molecule has 0 aliphatic carbocycles. The third kappa shape index (κ3) is 10.1. The Hall–Kier alpha value is -4.66. The van der Waals surface area contributed by atoms with Gasteiger partial charge in [-0.1, -0.05) is 48.4 Å². The number of aliphatic carboxylic acids is 1. The average molecular weight is 753 g/mol. The molecule has 3 aromatic carbocycles. The van der Waals surface area contributed by atoms with Gasteiger partial charge in [0.1, 0.15) is 36.5 Å². The van der Waals surface area contributed by atoms with Crippen molar-refractivity contribution in [2.24, 2.45) is 0 Å². The van der Waals surface area contributed by atoms with Crippen molar-refractivity contribution in [2.75, 3.05) is 39.3 Å². The number of β-amino-alcohol motifs (C(OH)–C–C–N with tert-alkyl or cyclic N) is 1. The number of halogens is 1. The van der Waals surface area contributed by atoms with Gasteiger partial charge >= 0.3 is 5.97 Å². The number of piperidine rings is 1. The number of benzene rings is 3. The van der Waals surface area contributed by atoms with E-state index in [-0.39, 0.29) is 13.0 Å². The molecule has 2 aliphatic heterocycles. The van der Waals surface area contributed by atoms with E-state index in [9.17, 15) is 15.2 Å². The lowest BCUT2D eigenvalue weighted by molar-refractivity contribution is -0.142. The summed E-state index contributed by atoms with van der Waals surface area (Å²) < 4.78 is 19.0. The van der Waals surface area contributed by atoms with Crippen LogP contribution < -0.4 is 14.2 Å². The summed E-state index contributed by atoms with van der Waals surface area (Å²) in [5.41, 5.74) is 6.48. The van der Waals surface area contributed by atoms with Crippen molar-refractivity contribution in [2.45, 2.75) is 77.7 Å². The van der Waals surface area contributed by atoms with Gasteiger partial charge in [0.15, 0.2) is 0 Å². The second-order valence-corrected chi connectivity index (χ2v) is 14.9. The predicted molar refractivity (Wildman–Crippen MR) is 208 cm³/mol. The van der Waals surface area contributed by atoms with Gasteiger partial charge in [-0.2, -0.15) is 5.26 Å². The number of carboxylic acid groups (broad SMARTS) is 1. The molecule has 10 nitrogen and oxygen atoms in total. The number of likely N-dealkylation sites (tertiary alicyclic amines) is 2. The minimum atomic E-state index is -1.15. The number of nitriles is 1. The van der Waals surface area contributed by atoms with E-state index in [1.54, 1.807) is 12.3 Å². The molecular weight excluding hydrogens is 704 g/mol. The number of aromatic nitrogens is 1. The standard InChI is InChI=1S/C43H49ClN4O6/c1-30-34(9-6-10-36(30)37-11-7-12-39(31(37)2)52-18-8-16-48-17-13-43(51,29-48)22-42(49)50)28-54-41-21-40(53-27-33-19-32(23-45)24-46-25-33)35(20-38(41)44)26-47-14-4-3-5-15-47/h6-7,9-12,19-21,24-25,51H,3-5,8,13-18,22,26-29H2,1-2H3,(H,49,50). The van der Waals surface area contributed by atoms with Crippen LogP contribution in [0.2, 0.25) is 5.02 Å². The molecule has 1 unspecified atom stereocenters. The summed E-state index contributed by atoms with van der Waals surface area (Å²) in [5, 5.41) is 29.5. The molecule has 1 atom stereocenters. The van der Waals surface area contributed by atoms with Crippen LogP contribution in [-0.2, 0) is 24.6 Å². The molecule has 0 radical (unpaired) electrons. The topological polar surface area (TPSA) is 128 Å². The highest BCUT2D eigenvalue weighted by atomic mass is 35.5. The first kappa shape index (κ1) is 39.0. The van der Waals surface area contributed by atoms with E-state index in [0.29, 0.717) is 54.8 Å². The minimum absolute atomic E-state index is 0.228. The summed E-state index contributed by atoms with van der Waals surface area (Å²) in [5.74, 6) is 1.07. The average Bonchev–Trinajstić information content (AvgIpc) is 3.53. The fourth-order valence-corrected chi connectivity index (χ4v) is 7.71. The van der Waals surface area contributed by atoms with E-state index in [2.05, 4.69) is 52.9 Å². The summed E-state index contributed by atoms with van der Waals surface area (Å²) in [4.78, 5) is 19.8. The summed E-state index contributed by atoms with van der Waals surface area (Å²) >= 11 is 6.87. The number of aliphatic hydroxyl groups is 1. The SMILES string of the molecule is Cc1c(COc2cc(OCc3cncc(C#N)c3)c(CN3CCCCC3)cc2Cl)cccc1-c1cccc(OCCCN2CCC(O)(CC(=O)O)C2)c1C. The summed E-state index contributed by atoms with van der Waals surface area (Å²) in [6, 6.07) is 20.1. The molecule has 2 saturated heterocycles. The van der Waals surface area contributed by atoms with E-state index in [0.717, 1.165) is 77.3 Å². The van der Waals surface area contributed by atoms with Crippen molar-refractivity contribution in [1.29, 1.82) is 5.26 Å². The normalized spacial score (nSPS) is 17.6. The molecule has 54 heavy (non-hydrogen) atoms. The van der Waals surface area contributed by atoms with Crippen LogP contribution >= 0.6 is 11.6 Å². The van der Waals surface area contributed by atoms with Gasteiger partial charge in [-0.3, -0.25) is 14.7 Å². The van der Waals surface area contributed by atoms with Crippen molar-refractivity contribution >= 4 is 17.6 Å². The van der Waals surface area contributed by atoms with Crippen LogP contribution in [0, 0.1) is 25.2 Å². The zero-order valence-corrected chi connectivity index (χ0v) is 31.9. The zero-order valence-electron chi connectivity index (χ0n) is 31.2. The number of rotatable bonds is 16. The Morgan fingerprint density at radius 3 is 2.43 bits per heavy atom. The van der Waals surface area contributed by atoms with Crippen LogP contribution in [0.1, 0.15) is 71.9 Å². The largest absolute Gasteiger partial charge is 0.493 e. The number of ether oxygens (including phenoxy) is 3. The molecular formula is C43H49ClN4O6. The zero-order chi connectivity index (χ0) is 38.1. The Balaban J connectivity index is 1.12. The molecule has 4 aromatic rings. The Morgan fingerprint density at radius 2 is 1.65 bits per heavy atom. The number of carbonyl (C=O) groups is 1. The van der Waals surface area contributed by atoms with E-state index in [1.807, 2.05) is 30.3 Å². The number of nitrogens with zero attached hydrogens (tertiary/aromatic N) is 4. The number of pyridine rings is 1. The van der Waals surface area contributed by atoms with Crippen molar-refractivity contribution < 1.29 is 29.2 Å². The molecule has 3 heterocycles. The van der Waals surface area contributed by atoms with E-state index in [4.69, 9.17) is 30.9 Å². The lowest BCUT2D eigenvalue weighted by atomic mass is 9.93. The van der Waals surface area contributed by atoms with Crippen LogP contribution in [0.3, 0.4) is 0 Å². The van der Waals surface area contributed by atoms with Crippen LogP contribution in [0.5, 0.6) is 17.2 Å². The minimum Gasteiger partial charge on any atom is -0.493 e. The van der Waals surface area contributed by atoms with Gasteiger partial charge in [0.05, 0.1) is 29.2 Å². The summed E-state index contributed by atoms with van der Waals surface area (Å²) in [6.45, 7) is 9.84. The lowest BCUT2D eigenvalue weighted by Crippen LogP contribution is -2.36. The number of hydrogen-bond donors (Lipinski definition) is 2. The molecule has 0 amide bonds. The van der Waals surface area contributed by atoms with Gasteiger partial charge in [0.2, 0.25) is 0 Å². The Morgan fingerprint density at radius 1 is 0.889 bits per heavy atom. The van der Waals surface area contributed by atoms with E-state index >= 15 is 0 Å². The highest BCUT2D eigenvalue weighted by Gasteiger charge is 2.37. The smallest absolute Gasteiger partial charge is 0.306 e. The quantitative estimate of drug-likeness (QED) is 0.110. The predicted octanol–water partition coefficient (Wildman–Crippen LogP) is 7.71. The first-order chi connectivity index (χ1) is 26.1. The molecule has 0 spiro atoms. The Labute approximate surface area is 322 Å². The van der Waals surface area contributed by atoms with Crippen LogP contribution in [0.4, 0.5) is 0 Å². The summed E-state index contributed by atoms with van der Waals surface area (Å²) in [6.07, 6.45) is 7.86. The number of carboxylic acids is 1. The second-order valence-electron chi connectivity index (χ2n) is 14.5. The fourth-order valence-electron chi connectivity index (χ4n) is 7.47. The maximum absolute atomic E-state index is 11.1. The molecule has 2 N–H and O–H groups in total. The molecule has 2 aliphatic rings. The lowest BCUT2D eigenvalue weighted by Gasteiger charge is -2.27. The summed E-state index contributed by atoms with van der Waals surface area (Å²) in [7, 11) is 0. The highest BCUT2D eigenvalue weighted by molar-refractivity contribution is 6.32. The van der Waals surface area contributed by atoms with Crippen molar-refractivity contribution in [3.63, 3.8) is 0 Å². The highest BCUT2D eigenvalue weighted by Crippen LogP contribution is 2.37. The molecule has 1 aromatic heterocycles. The van der Waals surface area contributed by atoms with Gasteiger partial charge < -0.3 is 29.3 Å². The molecule has 11 heteroatoms. The van der Waals surface area contributed by atoms with Crippen molar-refractivity contribution in [1.82, 2.24) is 14.8 Å². The van der Waals surface area contributed by atoms with Gasteiger partial charge in [0, 0.05) is 55.8 Å². The molecule has 6 rings (SSSR count). The van der Waals surface area contributed by atoms with Crippen molar-refractivity contribution in [3.05, 3.63) is 105 Å². The molecule has 2 fully saturated rings. The first-order valence-corrected chi connectivity index (χ1v) is 19.1. The van der Waals surface area contributed by atoms with Gasteiger partial charge in [-0.15, -0.1) is 0 Å². The maximum Gasteiger partial charge on any atom is 0.306 e. The number of hydrogen-bond acceptors (Lipinski definition) is 9.